The van der Waals surface area contributed by atoms with E-state index in [1.54, 1.807) is 0 Å². The highest BCUT2D eigenvalue weighted by molar-refractivity contribution is 7.91. The lowest BCUT2D eigenvalue weighted by atomic mass is 9.94. The van der Waals surface area contributed by atoms with E-state index in [1.807, 2.05) is 40.4 Å². The average molecular weight is 752 g/mol. The number of alkyl halides is 3. The van der Waals surface area contributed by atoms with Gasteiger partial charge in [0.2, 0.25) is 21.8 Å². The Morgan fingerprint density at radius 2 is 1.94 bits per heavy atom. The van der Waals surface area contributed by atoms with Crippen LogP contribution in [0.3, 0.4) is 0 Å². The average Bonchev–Trinajstić information content (AvgIpc) is 4.01. The highest BCUT2D eigenvalue weighted by Crippen LogP contribution is 2.45. The number of hydrogen-bond acceptors (Lipinski definition) is 9. The van der Waals surface area contributed by atoms with Crippen LogP contribution < -0.4 is 15.4 Å². The molecule has 3 N–H and O–H groups in total. The van der Waals surface area contributed by atoms with Crippen LogP contribution in [0, 0.1) is 5.92 Å². The predicted octanol–water partition coefficient (Wildman–Crippen LogP) is 2.67. The molecular formula is C34H40F3N5O9S. The summed E-state index contributed by atoms with van der Waals surface area (Å²) in [5, 5.41) is 3.76. The van der Waals surface area contributed by atoms with Crippen molar-refractivity contribution in [2.45, 2.75) is 93.1 Å². The molecule has 18 heteroatoms. The third-order valence-corrected chi connectivity index (χ3v) is 11.8. The quantitative estimate of drug-likeness (QED) is 0.353. The lowest BCUT2D eigenvalue weighted by Crippen LogP contribution is -2.58. The molecule has 1 aromatic rings. The SMILES string of the molecule is C=C[C@@H]1C[C@]1(NC(=O)[C@@H]1C[C@@H]2CN1C(=O)[C@H](CC(F)(F)F)NC(=O)OCCCC=Cc1cccc3c1CCN(C3)C(=O)O2)C(=O)NS(=O)(=O)C1CC1. The maximum Gasteiger partial charge on any atom is 0.410 e. The number of amides is 5. The molecular weight excluding hydrogens is 711 g/mol. The van der Waals surface area contributed by atoms with E-state index in [-0.39, 0.29) is 26.0 Å². The van der Waals surface area contributed by atoms with Gasteiger partial charge in [0.05, 0.1) is 24.8 Å². The van der Waals surface area contributed by atoms with E-state index >= 15 is 0 Å². The van der Waals surface area contributed by atoms with Crippen molar-refractivity contribution in [2.24, 2.45) is 5.92 Å². The number of nitrogens with one attached hydrogen (secondary N) is 3. The molecule has 2 aliphatic carbocycles. The number of ether oxygens (including phenoxy) is 2. The molecule has 0 unspecified atom stereocenters. The second-order valence-corrected chi connectivity index (χ2v) is 15.7. The van der Waals surface area contributed by atoms with E-state index in [2.05, 4.69) is 11.9 Å². The molecule has 0 aromatic heterocycles. The first kappa shape index (κ1) is 37.2. The number of sulfonamides is 1. The van der Waals surface area contributed by atoms with Crippen molar-refractivity contribution in [3.63, 3.8) is 0 Å². The van der Waals surface area contributed by atoms with E-state index in [9.17, 15) is 45.6 Å². The second kappa shape index (κ2) is 14.4. The Bertz CT molecular complexity index is 1780. The van der Waals surface area contributed by atoms with Gasteiger partial charge in [0.15, 0.2) is 0 Å². The molecule has 282 valence electrons. The smallest absolute Gasteiger partial charge is 0.410 e. The van der Waals surface area contributed by atoms with Gasteiger partial charge in [-0.3, -0.25) is 19.1 Å². The van der Waals surface area contributed by atoms with Gasteiger partial charge >= 0.3 is 18.4 Å². The van der Waals surface area contributed by atoms with Crippen molar-refractivity contribution < 1.29 is 55.0 Å². The lowest BCUT2D eigenvalue weighted by molar-refractivity contribution is -0.155. The summed E-state index contributed by atoms with van der Waals surface area (Å²) in [6.07, 6.45) is -3.08. The number of halogens is 3. The molecule has 4 aliphatic heterocycles. The molecule has 7 rings (SSSR count). The molecule has 6 bridgehead atoms. The Hall–Kier alpha value is -4.61. The molecule has 4 heterocycles. The third kappa shape index (κ3) is 8.21. The van der Waals surface area contributed by atoms with Crippen LogP contribution in [-0.2, 0) is 46.8 Å². The molecule has 1 saturated heterocycles. The summed E-state index contributed by atoms with van der Waals surface area (Å²) in [7, 11) is -4.01. The van der Waals surface area contributed by atoms with Gasteiger partial charge in [0, 0.05) is 25.4 Å². The van der Waals surface area contributed by atoms with Crippen molar-refractivity contribution in [2.75, 3.05) is 19.7 Å². The van der Waals surface area contributed by atoms with Gasteiger partial charge in [-0.15, -0.1) is 6.58 Å². The molecule has 0 radical (unpaired) electrons. The van der Waals surface area contributed by atoms with Crippen LogP contribution in [0.25, 0.3) is 6.08 Å². The number of alkyl carbamates (subject to hydrolysis) is 1. The summed E-state index contributed by atoms with van der Waals surface area (Å²) in [5.74, 6) is -3.98. The molecule has 1 aromatic carbocycles. The van der Waals surface area contributed by atoms with Crippen molar-refractivity contribution in [3.8, 4) is 0 Å². The summed E-state index contributed by atoms with van der Waals surface area (Å²) in [5.41, 5.74) is 1.15. The van der Waals surface area contributed by atoms with Gasteiger partial charge in [0.1, 0.15) is 23.7 Å². The number of fused-ring (bicyclic) bond motifs is 10. The fourth-order valence-electron chi connectivity index (χ4n) is 6.95. The number of allylic oxidation sites excluding steroid dienone is 1. The summed E-state index contributed by atoms with van der Waals surface area (Å²) in [6, 6.07) is 1.90. The highest BCUT2D eigenvalue weighted by Gasteiger charge is 2.62. The highest BCUT2D eigenvalue weighted by atomic mass is 32.2. The van der Waals surface area contributed by atoms with Gasteiger partial charge < -0.3 is 29.9 Å². The van der Waals surface area contributed by atoms with Crippen LogP contribution in [-0.4, -0.2) is 103 Å². The summed E-state index contributed by atoms with van der Waals surface area (Å²) < 4.78 is 79.3. The minimum atomic E-state index is -4.93. The molecule has 0 spiro atoms. The van der Waals surface area contributed by atoms with Crippen LogP contribution in [0.4, 0.5) is 22.8 Å². The van der Waals surface area contributed by atoms with E-state index in [4.69, 9.17) is 9.47 Å². The number of nitrogens with zero attached hydrogens (tertiary/aromatic N) is 2. The molecule has 5 amide bonds. The maximum atomic E-state index is 13.9. The van der Waals surface area contributed by atoms with Gasteiger partial charge in [0.25, 0.3) is 5.91 Å². The minimum absolute atomic E-state index is 0.0227. The van der Waals surface area contributed by atoms with Gasteiger partial charge in [-0.2, -0.15) is 13.2 Å². The third-order valence-electron chi connectivity index (χ3n) is 10.00. The van der Waals surface area contributed by atoms with Crippen LogP contribution in [0.1, 0.15) is 61.6 Å². The number of benzene rings is 1. The summed E-state index contributed by atoms with van der Waals surface area (Å²) >= 11 is 0. The first-order valence-electron chi connectivity index (χ1n) is 17.1. The zero-order chi connectivity index (χ0) is 37.4. The van der Waals surface area contributed by atoms with E-state index in [1.165, 1.54) is 11.0 Å². The zero-order valence-corrected chi connectivity index (χ0v) is 29.0. The number of rotatable bonds is 7. The topological polar surface area (TPSA) is 181 Å². The van der Waals surface area contributed by atoms with Crippen LogP contribution >= 0.6 is 0 Å². The molecule has 14 nitrogen and oxygen atoms in total. The Labute approximate surface area is 298 Å². The standard InChI is InChI=1S/C34H40F3N5O9S/c1-2-22-16-33(22,30(45)40-52(48,49)24-10-11-24)39-28(43)27-15-23-19-42(27)29(44)26(17-34(35,36)37)38-31(46)50-14-5-3-4-7-20-8-6-9-21-18-41(32(47)51-23)13-12-25(20)21/h2,4,6-9,22-24,26-27H,1,3,5,10-19H2,(H,38,46)(H,39,43)(H,40,45)/t22-,23-,26+,27+,33-/m1/s1. The lowest BCUT2D eigenvalue weighted by Gasteiger charge is -2.30. The monoisotopic (exact) mass is 751 g/mol. The number of hydrogen-bond donors (Lipinski definition) is 3. The Kier molecular flexibility index (Phi) is 10.3. The summed E-state index contributed by atoms with van der Waals surface area (Å²) in [4.78, 5) is 69.4. The summed E-state index contributed by atoms with van der Waals surface area (Å²) in [6.45, 7) is 3.50. The number of carbonyl (C=O) groups excluding carboxylic acids is 5. The van der Waals surface area contributed by atoms with Crippen molar-refractivity contribution >= 4 is 46.0 Å². The van der Waals surface area contributed by atoms with E-state index < -0.39 is 94.0 Å². The molecule has 6 aliphatic rings. The zero-order valence-electron chi connectivity index (χ0n) is 28.2. The van der Waals surface area contributed by atoms with Crippen LogP contribution in [0.2, 0.25) is 0 Å². The predicted molar refractivity (Wildman–Crippen MR) is 177 cm³/mol. The number of carbonyl (C=O) groups is 5. The normalized spacial score (nSPS) is 28.3. The fourth-order valence-corrected chi connectivity index (χ4v) is 8.32. The molecule has 5 atom stereocenters. The Morgan fingerprint density at radius 3 is 2.63 bits per heavy atom. The maximum absolute atomic E-state index is 13.9. The van der Waals surface area contributed by atoms with Crippen molar-refractivity contribution in [1.29, 1.82) is 0 Å². The Morgan fingerprint density at radius 1 is 1.17 bits per heavy atom. The first-order chi connectivity index (χ1) is 24.6. The van der Waals surface area contributed by atoms with Crippen molar-refractivity contribution in [1.82, 2.24) is 25.2 Å². The minimum Gasteiger partial charge on any atom is -0.450 e. The fraction of sp³-hybridized carbons (Fsp3) is 0.559. The largest absolute Gasteiger partial charge is 0.450 e. The van der Waals surface area contributed by atoms with Crippen LogP contribution in [0.5, 0.6) is 0 Å². The first-order valence-corrected chi connectivity index (χ1v) is 18.7. The van der Waals surface area contributed by atoms with E-state index in [0.29, 0.717) is 38.6 Å². The van der Waals surface area contributed by atoms with Crippen molar-refractivity contribution in [3.05, 3.63) is 53.6 Å². The van der Waals surface area contributed by atoms with Gasteiger partial charge in [-0.1, -0.05) is 36.4 Å². The Balaban J connectivity index is 1.28. The molecule has 2 saturated carbocycles. The van der Waals surface area contributed by atoms with Gasteiger partial charge in [-0.25, -0.2) is 18.0 Å². The molecule has 3 fully saturated rings. The van der Waals surface area contributed by atoms with Crippen LogP contribution in [0.15, 0.2) is 36.9 Å². The molecule has 52 heavy (non-hydrogen) atoms. The van der Waals surface area contributed by atoms with Gasteiger partial charge in [-0.05, 0) is 55.2 Å². The van der Waals surface area contributed by atoms with E-state index in [0.717, 1.165) is 21.6 Å². The second-order valence-electron chi connectivity index (χ2n) is 13.8.